The first-order valence-corrected chi connectivity index (χ1v) is 9.76. The third-order valence-electron chi connectivity index (χ3n) is 5.05. The van der Waals surface area contributed by atoms with Crippen molar-refractivity contribution < 1.29 is 9.53 Å². The van der Waals surface area contributed by atoms with Gasteiger partial charge in [0.25, 0.3) is 0 Å². The number of fused-ring (bicyclic) bond motifs is 2. The van der Waals surface area contributed by atoms with Gasteiger partial charge in [0, 0.05) is 6.04 Å². The lowest BCUT2D eigenvalue weighted by Gasteiger charge is -2.22. The number of H-pyrrole nitrogens is 1. The van der Waals surface area contributed by atoms with Crippen LogP contribution < -0.4 is 10.1 Å². The number of hydrogen-bond donors (Lipinski definition) is 2. The molecule has 2 fully saturated rings. The molecule has 2 aromatic rings. The molecule has 0 spiro atoms. The van der Waals surface area contributed by atoms with E-state index in [4.69, 9.17) is 4.74 Å². The Hall–Kier alpha value is -2.02. The van der Waals surface area contributed by atoms with Crippen molar-refractivity contribution in [2.24, 2.45) is 11.8 Å². The molecule has 2 N–H and O–H groups in total. The molecule has 1 heterocycles. The molecule has 2 saturated carbocycles. The summed E-state index contributed by atoms with van der Waals surface area (Å²) in [5, 5.41) is 10.8. The molecule has 3 atom stereocenters. The summed E-state index contributed by atoms with van der Waals surface area (Å²) in [5.74, 6) is 3.41. The Kier molecular flexibility index (Phi) is 4.92. The number of carbonyl (C=O) groups excluding carboxylic acids is 1. The second-order valence-corrected chi connectivity index (χ2v) is 7.75. The molecule has 2 aliphatic rings. The number of para-hydroxylation sites is 1. The predicted octanol–water partition coefficient (Wildman–Crippen LogP) is 2.78. The van der Waals surface area contributed by atoms with Crippen LogP contribution in [0.5, 0.6) is 5.75 Å². The van der Waals surface area contributed by atoms with Crippen LogP contribution in [0.4, 0.5) is 0 Å². The fraction of sp³-hybridized carbons (Fsp3) is 0.500. The van der Waals surface area contributed by atoms with E-state index in [1.54, 1.807) is 0 Å². The van der Waals surface area contributed by atoms with Crippen LogP contribution in [0, 0.1) is 11.8 Å². The largest absolute Gasteiger partial charge is 0.486 e. The molecule has 2 bridgehead atoms. The van der Waals surface area contributed by atoms with Gasteiger partial charge in [-0.05, 0) is 43.2 Å². The number of rotatable bonds is 7. The maximum absolute atomic E-state index is 12.1. The zero-order valence-electron chi connectivity index (χ0n) is 14.0. The van der Waals surface area contributed by atoms with Crippen molar-refractivity contribution in [2.75, 3.05) is 5.75 Å². The fourth-order valence-corrected chi connectivity index (χ4v) is 4.50. The van der Waals surface area contributed by atoms with Crippen molar-refractivity contribution in [1.29, 1.82) is 0 Å². The Morgan fingerprint density at radius 2 is 2.16 bits per heavy atom. The van der Waals surface area contributed by atoms with E-state index in [9.17, 15) is 4.79 Å². The SMILES string of the molecule is O=C(CSc1n[nH]c(COc2ccccc2)n1)N[C@H]1C[C@H]2CC[C@H]1C2. The molecule has 0 saturated heterocycles. The molecule has 4 rings (SSSR count). The third kappa shape index (κ3) is 4.15. The third-order valence-corrected chi connectivity index (χ3v) is 5.89. The highest BCUT2D eigenvalue weighted by atomic mass is 32.2. The number of ether oxygens (including phenoxy) is 1. The van der Waals surface area contributed by atoms with Gasteiger partial charge in [-0.2, -0.15) is 0 Å². The summed E-state index contributed by atoms with van der Waals surface area (Å²) in [6.07, 6.45) is 5.07. The molecule has 1 aromatic carbocycles. The minimum Gasteiger partial charge on any atom is -0.486 e. The van der Waals surface area contributed by atoms with E-state index in [0.29, 0.717) is 35.3 Å². The van der Waals surface area contributed by atoms with E-state index in [2.05, 4.69) is 20.5 Å². The van der Waals surface area contributed by atoms with Crippen LogP contribution in [0.3, 0.4) is 0 Å². The molecular formula is C18H22N4O2S. The number of amides is 1. The summed E-state index contributed by atoms with van der Waals surface area (Å²) in [6, 6.07) is 9.96. The summed E-state index contributed by atoms with van der Waals surface area (Å²) in [4.78, 5) is 16.5. The maximum Gasteiger partial charge on any atom is 0.230 e. The number of carbonyl (C=O) groups is 1. The monoisotopic (exact) mass is 358 g/mol. The van der Waals surface area contributed by atoms with Gasteiger partial charge < -0.3 is 10.1 Å². The van der Waals surface area contributed by atoms with Crippen LogP contribution in [-0.2, 0) is 11.4 Å². The van der Waals surface area contributed by atoms with Gasteiger partial charge in [0.1, 0.15) is 12.4 Å². The quantitative estimate of drug-likeness (QED) is 0.744. The number of nitrogens with one attached hydrogen (secondary N) is 2. The van der Waals surface area contributed by atoms with Gasteiger partial charge in [0.05, 0.1) is 5.75 Å². The average Bonchev–Trinajstić information content (AvgIpc) is 3.36. The lowest BCUT2D eigenvalue weighted by atomic mass is 9.95. The van der Waals surface area contributed by atoms with Crippen LogP contribution in [0.25, 0.3) is 0 Å². The molecule has 132 valence electrons. The first kappa shape index (κ1) is 16.4. The Morgan fingerprint density at radius 1 is 1.28 bits per heavy atom. The number of nitrogens with zero attached hydrogens (tertiary/aromatic N) is 2. The second-order valence-electron chi connectivity index (χ2n) is 6.80. The zero-order valence-corrected chi connectivity index (χ0v) is 14.8. The van der Waals surface area contributed by atoms with Crippen LogP contribution in [0.2, 0.25) is 0 Å². The van der Waals surface area contributed by atoms with Crippen molar-refractivity contribution >= 4 is 17.7 Å². The molecular weight excluding hydrogens is 336 g/mol. The summed E-state index contributed by atoms with van der Waals surface area (Å²) in [6.45, 7) is 0.328. The molecule has 25 heavy (non-hydrogen) atoms. The molecule has 0 radical (unpaired) electrons. The zero-order chi connectivity index (χ0) is 17.1. The van der Waals surface area contributed by atoms with Crippen molar-refractivity contribution in [3.8, 4) is 5.75 Å². The first-order chi connectivity index (χ1) is 12.3. The van der Waals surface area contributed by atoms with Gasteiger partial charge in [0.15, 0.2) is 5.82 Å². The molecule has 0 unspecified atom stereocenters. The number of benzene rings is 1. The van der Waals surface area contributed by atoms with Crippen molar-refractivity contribution in [3.63, 3.8) is 0 Å². The fourth-order valence-electron chi connectivity index (χ4n) is 3.88. The summed E-state index contributed by atoms with van der Waals surface area (Å²) < 4.78 is 5.63. The number of aromatic nitrogens is 3. The number of hydrogen-bond acceptors (Lipinski definition) is 5. The lowest BCUT2D eigenvalue weighted by Crippen LogP contribution is -2.39. The lowest BCUT2D eigenvalue weighted by molar-refractivity contribution is -0.119. The average molecular weight is 358 g/mol. The van der Waals surface area contributed by atoms with E-state index >= 15 is 0 Å². The van der Waals surface area contributed by atoms with E-state index in [1.165, 1.54) is 31.0 Å². The van der Waals surface area contributed by atoms with Crippen molar-refractivity contribution in [2.45, 2.75) is 43.5 Å². The predicted molar refractivity (Wildman–Crippen MR) is 95.3 cm³/mol. The molecule has 7 heteroatoms. The van der Waals surface area contributed by atoms with Crippen molar-refractivity contribution in [1.82, 2.24) is 20.5 Å². The van der Waals surface area contributed by atoms with Crippen molar-refractivity contribution in [3.05, 3.63) is 36.2 Å². The van der Waals surface area contributed by atoms with Crippen LogP contribution in [-0.4, -0.2) is 32.9 Å². The van der Waals surface area contributed by atoms with Gasteiger partial charge >= 0.3 is 0 Å². The van der Waals surface area contributed by atoms with E-state index in [0.717, 1.165) is 18.1 Å². The minimum absolute atomic E-state index is 0.0782. The smallest absolute Gasteiger partial charge is 0.230 e. The highest BCUT2D eigenvalue weighted by Gasteiger charge is 2.39. The Bertz CT molecular complexity index is 721. The van der Waals surface area contributed by atoms with Gasteiger partial charge in [-0.1, -0.05) is 36.4 Å². The summed E-state index contributed by atoms with van der Waals surface area (Å²) in [7, 11) is 0. The van der Waals surface area contributed by atoms with E-state index in [1.807, 2.05) is 30.3 Å². The Balaban J connectivity index is 1.21. The normalized spacial score (nSPS) is 24.4. The van der Waals surface area contributed by atoms with Gasteiger partial charge in [-0.15, -0.1) is 5.10 Å². The first-order valence-electron chi connectivity index (χ1n) is 8.77. The van der Waals surface area contributed by atoms with Gasteiger partial charge in [-0.25, -0.2) is 4.98 Å². The Morgan fingerprint density at radius 3 is 2.92 bits per heavy atom. The second kappa shape index (κ2) is 7.47. The number of aromatic amines is 1. The molecule has 1 amide bonds. The van der Waals surface area contributed by atoms with Gasteiger partial charge in [0.2, 0.25) is 11.1 Å². The standard InChI is InChI=1S/C18H22N4O2S/c23-17(19-15-9-12-6-7-13(15)8-12)11-25-18-20-16(21-22-18)10-24-14-4-2-1-3-5-14/h1-5,12-13,15H,6-11H2,(H,19,23)(H,20,21,22)/t12-,13-,15-/m0/s1. The summed E-state index contributed by atoms with van der Waals surface area (Å²) in [5.41, 5.74) is 0. The van der Waals surface area contributed by atoms with Crippen LogP contribution >= 0.6 is 11.8 Å². The van der Waals surface area contributed by atoms with E-state index in [-0.39, 0.29) is 5.91 Å². The molecule has 0 aliphatic heterocycles. The topological polar surface area (TPSA) is 79.9 Å². The van der Waals surface area contributed by atoms with E-state index < -0.39 is 0 Å². The number of thioether (sulfide) groups is 1. The molecule has 2 aliphatic carbocycles. The van der Waals surface area contributed by atoms with Gasteiger partial charge in [-0.3, -0.25) is 9.89 Å². The summed E-state index contributed by atoms with van der Waals surface area (Å²) >= 11 is 1.35. The highest BCUT2D eigenvalue weighted by Crippen LogP contribution is 2.44. The Labute approximate surface area is 151 Å². The highest BCUT2D eigenvalue weighted by molar-refractivity contribution is 7.99. The molecule has 6 nitrogen and oxygen atoms in total. The minimum atomic E-state index is 0.0782. The van der Waals surface area contributed by atoms with Crippen LogP contribution in [0.1, 0.15) is 31.5 Å². The molecule has 1 aromatic heterocycles. The van der Waals surface area contributed by atoms with Crippen LogP contribution in [0.15, 0.2) is 35.5 Å². The maximum atomic E-state index is 12.1.